The third-order valence-corrected chi connectivity index (χ3v) is 4.41. The van der Waals surface area contributed by atoms with Gasteiger partial charge in [-0.15, -0.1) is 0 Å². The molecule has 0 saturated heterocycles. The molecule has 0 spiro atoms. The third kappa shape index (κ3) is 5.19. The van der Waals surface area contributed by atoms with E-state index in [1.165, 1.54) is 0 Å². The van der Waals surface area contributed by atoms with Crippen LogP contribution < -0.4 is 9.86 Å². The summed E-state index contributed by atoms with van der Waals surface area (Å²) in [5.41, 5.74) is 0. The Morgan fingerprint density at radius 3 is 2.37 bits per heavy atom. The maximum absolute atomic E-state index is 13.3. The second-order valence-electron chi connectivity index (χ2n) is 3.69. The number of primary sulfonamides is 1. The van der Waals surface area contributed by atoms with E-state index in [1.807, 2.05) is 4.72 Å². The molecular weight excluding hydrogens is 302 g/mol. The molecule has 0 aliphatic carbocycles. The number of hydrogen-bond acceptors (Lipinski definition) is 4. The lowest BCUT2D eigenvalue weighted by molar-refractivity contribution is 0.545. The number of hydrogen-bond donors (Lipinski definition) is 2. The molecule has 19 heavy (non-hydrogen) atoms. The molecule has 1 aromatic rings. The third-order valence-electron chi connectivity index (χ3n) is 2.08. The zero-order valence-corrected chi connectivity index (χ0v) is 11.3. The monoisotopic (exact) mass is 314 g/mol. The van der Waals surface area contributed by atoms with Gasteiger partial charge in [-0.25, -0.2) is 35.5 Å². The predicted molar refractivity (Wildman–Crippen MR) is 64.1 cm³/mol. The van der Waals surface area contributed by atoms with Gasteiger partial charge in [0.15, 0.2) is 0 Å². The number of rotatable bonds is 6. The Bertz CT molecular complexity index is 659. The summed E-state index contributed by atoms with van der Waals surface area (Å²) in [5, 5.41) is 4.73. The van der Waals surface area contributed by atoms with Crippen LogP contribution in [0.3, 0.4) is 0 Å². The summed E-state index contributed by atoms with van der Waals surface area (Å²) < 4.78 is 72.6. The fourth-order valence-electron chi connectivity index (χ4n) is 1.24. The van der Waals surface area contributed by atoms with E-state index in [-0.39, 0.29) is 13.0 Å². The van der Waals surface area contributed by atoms with Crippen LogP contribution in [-0.2, 0) is 20.0 Å². The van der Waals surface area contributed by atoms with Gasteiger partial charge in [0.2, 0.25) is 20.0 Å². The van der Waals surface area contributed by atoms with Crippen molar-refractivity contribution < 1.29 is 25.6 Å². The van der Waals surface area contributed by atoms with Gasteiger partial charge in [0.25, 0.3) is 0 Å². The van der Waals surface area contributed by atoms with Gasteiger partial charge in [-0.3, -0.25) is 0 Å². The van der Waals surface area contributed by atoms with Gasteiger partial charge in [-0.1, -0.05) is 0 Å². The van der Waals surface area contributed by atoms with Crippen LogP contribution in [0.4, 0.5) is 8.78 Å². The zero-order valence-electron chi connectivity index (χ0n) is 9.64. The summed E-state index contributed by atoms with van der Waals surface area (Å²) in [6.07, 6.45) is -0.0744. The first kappa shape index (κ1) is 16.0. The van der Waals surface area contributed by atoms with Crippen LogP contribution in [0.15, 0.2) is 23.1 Å². The number of nitrogens with one attached hydrogen (secondary N) is 1. The van der Waals surface area contributed by atoms with Gasteiger partial charge in [0.05, 0.1) is 5.75 Å². The second-order valence-corrected chi connectivity index (χ2v) is 7.16. The van der Waals surface area contributed by atoms with Gasteiger partial charge in [-0.2, -0.15) is 0 Å². The van der Waals surface area contributed by atoms with Crippen molar-refractivity contribution in [2.24, 2.45) is 5.14 Å². The van der Waals surface area contributed by atoms with E-state index in [0.29, 0.717) is 12.1 Å². The van der Waals surface area contributed by atoms with Gasteiger partial charge in [0.1, 0.15) is 16.5 Å². The van der Waals surface area contributed by atoms with Crippen LogP contribution >= 0.6 is 0 Å². The molecule has 0 heterocycles. The average Bonchev–Trinajstić information content (AvgIpc) is 2.26. The smallest absolute Gasteiger partial charge is 0.229 e. The Balaban J connectivity index is 2.74. The fourth-order valence-corrected chi connectivity index (χ4v) is 2.95. The summed E-state index contributed by atoms with van der Waals surface area (Å²) in [5.74, 6) is -2.41. The molecule has 0 fully saturated rings. The zero-order chi connectivity index (χ0) is 14.7. The minimum absolute atomic E-state index is 0.0744. The van der Waals surface area contributed by atoms with Crippen LogP contribution in [0, 0.1) is 11.6 Å². The standard InChI is InChI=1S/C9H12F2N2O4S2/c10-7-2-3-8(11)9(6-7)19(16,17)13-4-1-5-18(12,14)15/h2-3,6,13H,1,4-5H2,(H2,12,14,15). The molecule has 0 amide bonds. The molecule has 6 nitrogen and oxygen atoms in total. The van der Waals surface area contributed by atoms with E-state index >= 15 is 0 Å². The number of sulfonamides is 2. The Morgan fingerprint density at radius 2 is 1.79 bits per heavy atom. The highest BCUT2D eigenvalue weighted by molar-refractivity contribution is 7.89. The molecule has 3 N–H and O–H groups in total. The number of halogens is 2. The minimum atomic E-state index is -4.23. The maximum atomic E-state index is 13.3. The van der Waals surface area contributed by atoms with Crippen molar-refractivity contribution in [3.63, 3.8) is 0 Å². The Kier molecular flexibility index (Phi) is 4.96. The first-order chi connectivity index (χ1) is 8.62. The molecule has 0 aromatic heterocycles. The molecule has 0 bridgehead atoms. The lowest BCUT2D eigenvalue weighted by Gasteiger charge is -2.07. The summed E-state index contributed by atoms with van der Waals surface area (Å²) in [4.78, 5) is -0.830. The summed E-state index contributed by atoms with van der Waals surface area (Å²) >= 11 is 0. The lowest BCUT2D eigenvalue weighted by Crippen LogP contribution is -2.28. The Morgan fingerprint density at radius 1 is 1.16 bits per heavy atom. The van der Waals surface area contributed by atoms with Gasteiger partial charge in [-0.05, 0) is 24.6 Å². The number of nitrogens with two attached hydrogens (primary N) is 1. The molecule has 10 heteroatoms. The largest absolute Gasteiger partial charge is 0.243 e. The predicted octanol–water partition coefficient (Wildman–Crippen LogP) is -0.0783. The van der Waals surface area contributed by atoms with Crippen molar-refractivity contribution in [3.8, 4) is 0 Å². The van der Waals surface area contributed by atoms with Crippen molar-refractivity contribution >= 4 is 20.0 Å². The van der Waals surface area contributed by atoms with Gasteiger partial charge < -0.3 is 0 Å². The highest BCUT2D eigenvalue weighted by Crippen LogP contribution is 2.15. The van der Waals surface area contributed by atoms with Crippen molar-refractivity contribution in [2.75, 3.05) is 12.3 Å². The van der Waals surface area contributed by atoms with Crippen LogP contribution in [0.1, 0.15) is 6.42 Å². The van der Waals surface area contributed by atoms with Crippen molar-refractivity contribution in [1.82, 2.24) is 4.72 Å². The summed E-state index contributed by atoms with van der Waals surface area (Å²) in [7, 11) is -7.92. The molecule has 0 radical (unpaired) electrons. The number of benzene rings is 1. The average molecular weight is 314 g/mol. The molecule has 1 aromatic carbocycles. The molecule has 0 aliphatic rings. The van der Waals surface area contributed by atoms with Crippen LogP contribution in [0.2, 0.25) is 0 Å². The first-order valence-electron chi connectivity index (χ1n) is 5.07. The molecule has 0 aliphatic heterocycles. The van der Waals surface area contributed by atoms with Crippen molar-refractivity contribution in [1.29, 1.82) is 0 Å². The van der Waals surface area contributed by atoms with Crippen molar-refractivity contribution in [3.05, 3.63) is 29.8 Å². The van der Waals surface area contributed by atoms with Crippen LogP contribution in [0.25, 0.3) is 0 Å². The van der Waals surface area contributed by atoms with E-state index in [0.717, 1.165) is 6.07 Å². The first-order valence-corrected chi connectivity index (χ1v) is 8.27. The highest BCUT2D eigenvalue weighted by atomic mass is 32.2. The van der Waals surface area contributed by atoms with E-state index < -0.39 is 42.3 Å². The molecule has 108 valence electrons. The molecule has 0 saturated carbocycles. The maximum Gasteiger partial charge on any atom is 0.243 e. The SMILES string of the molecule is NS(=O)(=O)CCCNS(=O)(=O)c1cc(F)ccc1F. The minimum Gasteiger partial charge on any atom is -0.229 e. The van der Waals surface area contributed by atoms with E-state index in [1.54, 1.807) is 0 Å². The van der Waals surface area contributed by atoms with Gasteiger partial charge >= 0.3 is 0 Å². The van der Waals surface area contributed by atoms with Crippen LogP contribution in [-0.4, -0.2) is 29.1 Å². The van der Waals surface area contributed by atoms with E-state index in [4.69, 9.17) is 5.14 Å². The second kappa shape index (κ2) is 5.90. The Hall–Kier alpha value is -1.10. The molecule has 1 rings (SSSR count). The quantitative estimate of drug-likeness (QED) is 0.716. The van der Waals surface area contributed by atoms with Gasteiger partial charge in [0, 0.05) is 6.54 Å². The summed E-state index contributed by atoms with van der Waals surface area (Å²) in [6.45, 7) is -0.255. The van der Waals surface area contributed by atoms with E-state index in [2.05, 4.69) is 0 Å². The van der Waals surface area contributed by atoms with E-state index in [9.17, 15) is 25.6 Å². The lowest BCUT2D eigenvalue weighted by atomic mass is 10.3. The normalized spacial score (nSPS) is 12.6. The van der Waals surface area contributed by atoms with Crippen LogP contribution in [0.5, 0.6) is 0 Å². The summed E-state index contributed by atoms with van der Waals surface area (Å²) in [6, 6.07) is 2.01. The fraction of sp³-hybridized carbons (Fsp3) is 0.333. The highest BCUT2D eigenvalue weighted by Gasteiger charge is 2.19. The molecule has 0 unspecified atom stereocenters. The topological polar surface area (TPSA) is 106 Å². The Labute approximate surface area is 109 Å². The molecular formula is C9H12F2N2O4S2. The molecule has 0 atom stereocenters. The van der Waals surface area contributed by atoms with Crippen molar-refractivity contribution in [2.45, 2.75) is 11.3 Å².